The van der Waals surface area contributed by atoms with Gasteiger partial charge in [-0.05, 0) is 12.5 Å². The van der Waals surface area contributed by atoms with Crippen LogP contribution >= 0.6 is 24.8 Å². The highest BCUT2D eigenvalue weighted by molar-refractivity contribution is 7.90. The van der Waals surface area contributed by atoms with E-state index in [0.29, 0.717) is 0 Å². The average molecular weight is 142 g/mol. The smallest absolute Gasteiger partial charge is 0.0504 e. The Hall–Kier alpha value is -0.0800. The van der Waals surface area contributed by atoms with E-state index in [1.807, 2.05) is 18.2 Å². The molecular weight excluding hydrogens is 136 g/mol. The minimum absolute atomic E-state index is 0.847. The van der Waals surface area contributed by atoms with E-state index in [1.54, 1.807) is 0 Å². The molecule has 2 heteroatoms. The molecule has 0 N–H and O–H groups in total. The lowest BCUT2D eigenvalue weighted by Gasteiger charge is -1.99. The zero-order valence-electron chi connectivity index (χ0n) is 4.29. The molecule has 0 nitrogen and oxygen atoms in total. The predicted molar refractivity (Wildman–Crippen MR) is 43.4 cm³/mol. The van der Waals surface area contributed by atoms with Gasteiger partial charge in [0.25, 0.3) is 0 Å². The third-order valence-electron chi connectivity index (χ3n) is 0.969. The molecule has 0 atom stereocenters. The summed E-state index contributed by atoms with van der Waals surface area (Å²) in [5.41, 5.74) is 0. The number of rotatable bonds is 0. The van der Waals surface area contributed by atoms with Crippen molar-refractivity contribution in [3.63, 3.8) is 0 Å². The zero-order valence-corrected chi connectivity index (χ0v) is 6.01. The Morgan fingerprint density at radius 1 is 1.62 bits per heavy atom. The van der Waals surface area contributed by atoms with Crippen LogP contribution in [0.5, 0.6) is 0 Å². The topological polar surface area (TPSA) is 0 Å². The van der Waals surface area contributed by atoms with E-state index in [9.17, 15) is 0 Å². The maximum Gasteiger partial charge on any atom is 0.0504 e. The number of thiocarbonyl (C=S) groups is 1. The summed E-state index contributed by atoms with van der Waals surface area (Å²) in [5.74, 6) is 0. The monoisotopic (exact) mass is 142 g/mol. The van der Waals surface area contributed by atoms with Crippen LogP contribution < -0.4 is 0 Å². The van der Waals surface area contributed by atoms with Crippen LogP contribution in [-0.4, -0.2) is 4.86 Å². The van der Waals surface area contributed by atoms with E-state index in [2.05, 4.69) is 12.6 Å². The molecule has 0 unspecified atom stereocenters. The fourth-order valence-electron chi connectivity index (χ4n) is 0.541. The lowest BCUT2D eigenvalue weighted by molar-refractivity contribution is 1.39. The molecule has 0 spiro atoms. The second-order valence-corrected chi connectivity index (χ2v) is 2.51. The number of hydrogen-bond donors (Lipinski definition) is 1. The van der Waals surface area contributed by atoms with Crippen LogP contribution in [0.3, 0.4) is 0 Å². The summed E-state index contributed by atoms with van der Waals surface area (Å²) in [5, 5.41) is 0. The summed E-state index contributed by atoms with van der Waals surface area (Å²) in [6.45, 7) is 0. The van der Waals surface area contributed by atoms with Crippen molar-refractivity contribution in [2.45, 2.75) is 6.42 Å². The second-order valence-electron chi connectivity index (χ2n) is 1.59. The molecule has 1 aliphatic carbocycles. The van der Waals surface area contributed by atoms with Crippen molar-refractivity contribution in [1.29, 1.82) is 0 Å². The molecular formula is C6H6S2. The van der Waals surface area contributed by atoms with Crippen LogP contribution in [0.15, 0.2) is 23.1 Å². The van der Waals surface area contributed by atoms with E-state index < -0.39 is 0 Å². The van der Waals surface area contributed by atoms with E-state index in [1.165, 1.54) is 0 Å². The quantitative estimate of drug-likeness (QED) is 0.399. The molecule has 0 amide bonds. The van der Waals surface area contributed by atoms with Gasteiger partial charge in [-0.3, -0.25) is 0 Å². The molecule has 0 aromatic rings. The first-order valence-electron chi connectivity index (χ1n) is 2.40. The molecule has 1 rings (SSSR count). The van der Waals surface area contributed by atoms with Crippen molar-refractivity contribution in [3.05, 3.63) is 23.1 Å². The van der Waals surface area contributed by atoms with Crippen LogP contribution in [0.2, 0.25) is 0 Å². The average Bonchev–Trinajstić information content (AvgIpc) is 1.77. The molecule has 8 heavy (non-hydrogen) atoms. The van der Waals surface area contributed by atoms with E-state index in [0.717, 1.165) is 16.2 Å². The summed E-state index contributed by atoms with van der Waals surface area (Å²) in [4.78, 5) is 1.78. The van der Waals surface area contributed by atoms with Crippen molar-refractivity contribution >= 4 is 29.7 Å². The SMILES string of the molecule is S=C1C=CCC=C1S. The van der Waals surface area contributed by atoms with Gasteiger partial charge in [0.1, 0.15) is 0 Å². The third kappa shape index (κ3) is 1.20. The van der Waals surface area contributed by atoms with Gasteiger partial charge in [-0.1, -0.05) is 24.4 Å². The Morgan fingerprint density at radius 2 is 2.38 bits per heavy atom. The molecule has 1 aliphatic rings. The number of thiol groups is 1. The maximum absolute atomic E-state index is 4.90. The highest BCUT2D eigenvalue weighted by Gasteiger charge is 1.97. The molecule has 0 aromatic heterocycles. The van der Waals surface area contributed by atoms with E-state index in [-0.39, 0.29) is 0 Å². The molecule has 0 aliphatic heterocycles. The van der Waals surface area contributed by atoms with E-state index in [4.69, 9.17) is 12.2 Å². The summed E-state index contributed by atoms with van der Waals surface area (Å²) >= 11 is 9.02. The van der Waals surface area contributed by atoms with Crippen LogP contribution in [0.4, 0.5) is 0 Å². The van der Waals surface area contributed by atoms with Crippen LogP contribution in [0.25, 0.3) is 0 Å². The Kier molecular flexibility index (Phi) is 1.86. The van der Waals surface area contributed by atoms with Crippen molar-refractivity contribution in [1.82, 2.24) is 0 Å². The summed E-state index contributed by atoms with van der Waals surface area (Å²) in [7, 11) is 0. The minimum Gasteiger partial charge on any atom is -0.142 e. The first-order valence-corrected chi connectivity index (χ1v) is 3.26. The van der Waals surface area contributed by atoms with E-state index >= 15 is 0 Å². The minimum atomic E-state index is 0.847. The molecule has 0 bridgehead atoms. The van der Waals surface area contributed by atoms with Crippen molar-refractivity contribution in [2.24, 2.45) is 0 Å². The van der Waals surface area contributed by atoms with Gasteiger partial charge < -0.3 is 0 Å². The van der Waals surface area contributed by atoms with Crippen molar-refractivity contribution in [3.8, 4) is 0 Å². The van der Waals surface area contributed by atoms with Gasteiger partial charge in [-0.15, -0.1) is 12.6 Å². The predicted octanol–water partition coefficient (Wildman–Crippen LogP) is 2.13. The van der Waals surface area contributed by atoms with Gasteiger partial charge in [-0.25, -0.2) is 0 Å². The first kappa shape index (κ1) is 6.05. The Bertz CT molecular complexity index is 165. The molecule has 0 fully saturated rings. The third-order valence-corrected chi connectivity index (χ3v) is 1.90. The van der Waals surface area contributed by atoms with Gasteiger partial charge in [0.15, 0.2) is 0 Å². The van der Waals surface area contributed by atoms with Crippen LogP contribution in [0, 0.1) is 0 Å². The summed E-state index contributed by atoms with van der Waals surface area (Å²) < 4.78 is 0. The summed E-state index contributed by atoms with van der Waals surface area (Å²) in [6, 6.07) is 0. The normalized spacial score (nSPS) is 18.6. The first-order chi connectivity index (χ1) is 3.80. The van der Waals surface area contributed by atoms with Gasteiger partial charge in [-0.2, -0.15) is 0 Å². The molecule has 0 saturated carbocycles. The second kappa shape index (κ2) is 2.46. The lowest BCUT2D eigenvalue weighted by Crippen LogP contribution is -1.91. The number of allylic oxidation sites excluding steroid dienone is 4. The molecule has 0 heterocycles. The maximum atomic E-state index is 4.90. The van der Waals surface area contributed by atoms with Gasteiger partial charge in [0, 0.05) is 4.91 Å². The van der Waals surface area contributed by atoms with Gasteiger partial charge in [0.2, 0.25) is 0 Å². The molecule has 0 saturated heterocycles. The fraction of sp³-hybridized carbons (Fsp3) is 0.167. The standard InChI is InChI=1S/C6H6S2/c7-5-3-1-2-4-6(5)8/h1,3-4,8H,2H2. The highest BCUT2D eigenvalue weighted by Crippen LogP contribution is 2.11. The summed E-state index contributed by atoms with van der Waals surface area (Å²) in [6.07, 6.45) is 6.92. The molecule has 0 aromatic carbocycles. The Balaban J connectivity index is 2.78. The highest BCUT2D eigenvalue weighted by atomic mass is 32.1. The van der Waals surface area contributed by atoms with Crippen LogP contribution in [0.1, 0.15) is 6.42 Å². The van der Waals surface area contributed by atoms with Crippen molar-refractivity contribution < 1.29 is 0 Å². The Labute approximate surface area is 59.7 Å². The largest absolute Gasteiger partial charge is 0.142 e. The van der Waals surface area contributed by atoms with Crippen LogP contribution in [-0.2, 0) is 0 Å². The molecule has 42 valence electrons. The van der Waals surface area contributed by atoms with Gasteiger partial charge >= 0.3 is 0 Å². The lowest BCUT2D eigenvalue weighted by atomic mass is 10.2. The van der Waals surface area contributed by atoms with Crippen molar-refractivity contribution in [2.75, 3.05) is 0 Å². The zero-order chi connectivity index (χ0) is 5.98. The molecule has 0 radical (unpaired) electrons. The fourth-order valence-corrected chi connectivity index (χ4v) is 0.900. The van der Waals surface area contributed by atoms with Gasteiger partial charge in [0.05, 0.1) is 4.86 Å². The number of hydrogen-bond acceptors (Lipinski definition) is 2. The Morgan fingerprint density at radius 3 is 2.75 bits per heavy atom.